The molecule has 1 amide bonds. The van der Waals surface area contributed by atoms with Gasteiger partial charge in [0, 0.05) is 36.5 Å². The summed E-state index contributed by atoms with van der Waals surface area (Å²) in [6.45, 7) is 1.83. The van der Waals surface area contributed by atoms with Crippen LogP contribution in [0.2, 0.25) is 0 Å². The second-order valence-corrected chi connectivity index (χ2v) is 10.1. The number of amides is 1. The van der Waals surface area contributed by atoms with Crippen molar-refractivity contribution in [2.24, 2.45) is 0 Å². The number of likely N-dealkylation sites (N-methyl/N-ethyl adjacent to an activating group) is 1. The van der Waals surface area contributed by atoms with Gasteiger partial charge in [-0.05, 0) is 31.9 Å². The first-order valence-corrected chi connectivity index (χ1v) is 11.9. The number of carbonyl (C=O) groups excluding carboxylic acids is 1. The number of thiazole rings is 1. The average Bonchev–Trinajstić information content (AvgIpc) is 3.15. The van der Waals surface area contributed by atoms with Crippen LogP contribution in [0.15, 0.2) is 41.1 Å². The van der Waals surface area contributed by atoms with Crippen molar-refractivity contribution in [2.45, 2.75) is 37.5 Å². The van der Waals surface area contributed by atoms with Gasteiger partial charge in [0.2, 0.25) is 0 Å². The molecule has 1 aromatic heterocycles. The number of benzene rings is 1. The topological polar surface area (TPSA) is 174 Å². The van der Waals surface area contributed by atoms with E-state index in [-0.39, 0.29) is 34.8 Å². The lowest BCUT2D eigenvalue weighted by molar-refractivity contribution is -0.139. The predicted molar refractivity (Wildman–Crippen MR) is 120 cm³/mol. The number of aromatic nitrogens is 1. The van der Waals surface area contributed by atoms with Crippen LogP contribution in [-0.2, 0) is 24.4 Å². The lowest BCUT2D eigenvalue weighted by atomic mass is 10.1. The van der Waals surface area contributed by atoms with Gasteiger partial charge in [-0.25, -0.2) is 13.4 Å². The van der Waals surface area contributed by atoms with Crippen LogP contribution in [0.4, 0.5) is 5.13 Å². The van der Waals surface area contributed by atoms with Gasteiger partial charge in [-0.2, -0.15) is 0 Å². The Bertz CT molecular complexity index is 1170. The molecular weight excluding hydrogens is 474 g/mol. The number of nitrogens with one attached hydrogen (secondary N) is 1. The lowest BCUT2D eigenvalue weighted by Gasteiger charge is -2.28. The molecule has 0 radical (unpaired) electrons. The first-order chi connectivity index (χ1) is 15.4. The molecule has 2 heterocycles. The number of aliphatic hydroxyl groups is 1. The number of rotatable bonds is 7. The molecule has 1 aromatic carbocycles. The standard InChI is InChI=1S/C14H13N3O4S2.C6H10O4/c1-8-7-15-14(22-8)16-13(19)11-12(18)9-5-3-4-6-10(9)23(20,21)17(11)2;7-5(8)3-1-2-4-6(9)10/h3-7,18H,1-2H3,(H,15,16,19);1-4H2,(H,7,8)(H,9,10). The monoisotopic (exact) mass is 497 g/mol. The second-order valence-electron chi connectivity index (χ2n) is 6.89. The Morgan fingerprint density at radius 2 is 1.67 bits per heavy atom. The molecule has 2 aromatic rings. The third-order valence-corrected chi connectivity index (χ3v) is 7.05. The van der Waals surface area contributed by atoms with Crippen LogP contribution in [-0.4, -0.2) is 57.9 Å². The fourth-order valence-electron chi connectivity index (χ4n) is 2.80. The summed E-state index contributed by atoms with van der Waals surface area (Å²) in [7, 11) is -2.67. The van der Waals surface area contributed by atoms with E-state index in [1.807, 2.05) is 6.92 Å². The highest BCUT2D eigenvalue weighted by Crippen LogP contribution is 2.34. The Balaban J connectivity index is 0.000000328. The number of carboxylic acid groups (broad SMARTS) is 2. The van der Waals surface area contributed by atoms with E-state index in [0.717, 1.165) is 9.18 Å². The highest BCUT2D eigenvalue weighted by Gasteiger charge is 2.37. The van der Waals surface area contributed by atoms with Gasteiger partial charge in [-0.15, -0.1) is 11.3 Å². The lowest BCUT2D eigenvalue weighted by Crippen LogP contribution is -2.37. The van der Waals surface area contributed by atoms with E-state index >= 15 is 0 Å². The number of aliphatic carboxylic acids is 2. The van der Waals surface area contributed by atoms with Gasteiger partial charge in [0.15, 0.2) is 16.6 Å². The molecule has 13 heteroatoms. The zero-order chi connectivity index (χ0) is 24.8. The largest absolute Gasteiger partial charge is 0.505 e. The molecule has 0 saturated carbocycles. The van der Waals surface area contributed by atoms with Crippen molar-refractivity contribution in [3.05, 3.63) is 46.6 Å². The van der Waals surface area contributed by atoms with E-state index in [0.29, 0.717) is 18.0 Å². The maximum Gasteiger partial charge on any atom is 0.303 e. The minimum Gasteiger partial charge on any atom is -0.505 e. The number of fused-ring (bicyclic) bond motifs is 1. The van der Waals surface area contributed by atoms with Gasteiger partial charge in [-0.3, -0.25) is 24.0 Å². The number of hydrogen-bond acceptors (Lipinski definition) is 8. The first kappa shape index (κ1) is 25.8. The molecule has 1 aliphatic heterocycles. The molecule has 0 aliphatic carbocycles. The van der Waals surface area contributed by atoms with Gasteiger partial charge in [0.25, 0.3) is 15.9 Å². The zero-order valence-electron chi connectivity index (χ0n) is 17.8. The number of sulfonamides is 1. The molecule has 0 spiro atoms. The normalized spacial score (nSPS) is 14.1. The van der Waals surface area contributed by atoms with Gasteiger partial charge in [0.05, 0.1) is 4.90 Å². The molecule has 0 saturated heterocycles. The summed E-state index contributed by atoms with van der Waals surface area (Å²) in [6.07, 6.45) is 2.61. The van der Waals surface area contributed by atoms with E-state index in [1.54, 1.807) is 18.3 Å². The van der Waals surface area contributed by atoms with Gasteiger partial charge >= 0.3 is 11.9 Å². The van der Waals surface area contributed by atoms with Gasteiger partial charge in [0.1, 0.15) is 0 Å². The van der Waals surface area contributed by atoms with E-state index in [2.05, 4.69) is 10.3 Å². The van der Waals surface area contributed by atoms with Crippen molar-refractivity contribution in [1.29, 1.82) is 0 Å². The van der Waals surface area contributed by atoms with Crippen molar-refractivity contribution in [1.82, 2.24) is 9.29 Å². The summed E-state index contributed by atoms with van der Waals surface area (Å²) in [5, 5.41) is 29.5. The molecule has 3 rings (SSSR count). The number of carboxylic acids is 2. The Hall–Kier alpha value is -3.45. The van der Waals surface area contributed by atoms with E-state index in [9.17, 15) is 27.9 Å². The third kappa shape index (κ3) is 6.52. The molecule has 1 aliphatic rings. The van der Waals surface area contributed by atoms with Crippen molar-refractivity contribution in [2.75, 3.05) is 12.4 Å². The summed E-state index contributed by atoms with van der Waals surface area (Å²) in [5.41, 5.74) is -0.234. The highest BCUT2D eigenvalue weighted by molar-refractivity contribution is 7.89. The van der Waals surface area contributed by atoms with Gasteiger partial charge < -0.3 is 15.3 Å². The van der Waals surface area contributed by atoms with Crippen molar-refractivity contribution in [3.63, 3.8) is 0 Å². The number of nitrogens with zero attached hydrogens (tertiary/aromatic N) is 2. The van der Waals surface area contributed by atoms with Crippen LogP contribution in [0.3, 0.4) is 0 Å². The minimum atomic E-state index is -3.90. The highest BCUT2D eigenvalue weighted by atomic mass is 32.2. The summed E-state index contributed by atoms with van der Waals surface area (Å²) in [4.78, 5) is 37.1. The van der Waals surface area contributed by atoms with Crippen molar-refractivity contribution in [3.8, 4) is 0 Å². The van der Waals surface area contributed by atoms with Crippen LogP contribution < -0.4 is 5.32 Å². The molecule has 0 bridgehead atoms. The average molecular weight is 498 g/mol. The number of anilines is 1. The maximum atomic E-state index is 12.5. The predicted octanol–water partition coefficient (Wildman–Crippen LogP) is 2.67. The maximum absolute atomic E-state index is 12.5. The molecule has 4 N–H and O–H groups in total. The summed E-state index contributed by atoms with van der Waals surface area (Å²) >= 11 is 1.25. The number of hydrogen-bond donors (Lipinski definition) is 4. The number of carbonyl (C=O) groups is 3. The molecule has 33 heavy (non-hydrogen) atoms. The second kappa shape index (κ2) is 10.9. The molecule has 178 valence electrons. The number of aliphatic hydroxyl groups excluding tert-OH is 1. The van der Waals surface area contributed by atoms with Gasteiger partial charge in [-0.1, -0.05) is 12.1 Å². The minimum absolute atomic E-state index is 0.0401. The Morgan fingerprint density at radius 1 is 1.09 bits per heavy atom. The quantitative estimate of drug-likeness (QED) is 0.419. The molecule has 0 unspecified atom stereocenters. The summed E-state index contributed by atoms with van der Waals surface area (Å²) in [5.74, 6) is -2.86. The molecule has 11 nitrogen and oxygen atoms in total. The summed E-state index contributed by atoms with van der Waals surface area (Å²) in [6, 6.07) is 5.99. The van der Waals surface area contributed by atoms with E-state index < -0.39 is 27.9 Å². The Kier molecular flexibility index (Phi) is 8.54. The van der Waals surface area contributed by atoms with Crippen LogP contribution in [0, 0.1) is 6.92 Å². The first-order valence-electron chi connectivity index (χ1n) is 9.64. The van der Waals surface area contributed by atoms with Crippen LogP contribution in [0.1, 0.15) is 36.1 Å². The fraction of sp³-hybridized carbons (Fsp3) is 0.300. The van der Waals surface area contributed by atoms with Crippen LogP contribution in [0.5, 0.6) is 0 Å². The van der Waals surface area contributed by atoms with Crippen LogP contribution >= 0.6 is 11.3 Å². The molecular formula is C20H23N3O8S2. The number of aryl methyl sites for hydroxylation is 1. The Labute approximate surface area is 194 Å². The Morgan fingerprint density at radius 3 is 2.18 bits per heavy atom. The third-order valence-electron chi connectivity index (χ3n) is 4.41. The SMILES string of the molecule is Cc1cnc(NC(=O)C2=C(O)c3ccccc3S(=O)(=O)N2C)s1.O=C(O)CCCCC(=O)O. The zero-order valence-corrected chi connectivity index (χ0v) is 19.4. The summed E-state index contributed by atoms with van der Waals surface area (Å²) < 4.78 is 25.8. The van der Waals surface area contributed by atoms with Crippen molar-refractivity contribution < 1.29 is 38.1 Å². The molecule has 0 fully saturated rings. The van der Waals surface area contributed by atoms with E-state index in [4.69, 9.17) is 10.2 Å². The van der Waals surface area contributed by atoms with Crippen LogP contribution in [0.25, 0.3) is 5.76 Å². The fourth-order valence-corrected chi connectivity index (χ4v) is 4.86. The number of unbranched alkanes of at least 4 members (excludes halogenated alkanes) is 1. The van der Waals surface area contributed by atoms with E-state index in [1.165, 1.54) is 30.5 Å². The smallest absolute Gasteiger partial charge is 0.303 e. The van der Waals surface area contributed by atoms with Crippen molar-refractivity contribution >= 4 is 50.1 Å². The molecule has 0 atom stereocenters.